The molecule has 2 unspecified atom stereocenters. The van der Waals surface area contributed by atoms with Crippen LogP contribution in [0.4, 0.5) is 0 Å². The normalized spacial score (nSPS) is 27.4. The molecule has 0 aromatic carbocycles. The van der Waals surface area contributed by atoms with Crippen LogP contribution in [0, 0.1) is 5.92 Å². The number of rotatable bonds is 5. The number of nitrogens with two attached hydrogens (primary N) is 1. The molecule has 0 amide bonds. The van der Waals surface area contributed by atoms with Crippen molar-refractivity contribution in [2.45, 2.75) is 57.6 Å². The van der Waals surface area contributed by atoms with E-state index in [9.17, 15) is 4.79 Å². The van der Waals surface area contributed by atoms with Crippen LogP contribution >= 0.6 is 0 Å². The lowest BCUT2D eigenvalue weighted by atomic mass is 9.85. The minimum absolute atomic E-state index is 0.0379. The van der Waals surface area contributed by atoms with Gasteiger partial charge in [-0.25, -0.2) is 0 Å². The quantitative estimate of drug-likeness (QED) is 0.695. The van der Waals surface area contributed by atoms with Gasteiger partial charge < -0.3 is 15.6 Å². The first-order valence-electron chi connectivity index (χ1n) is 6.24. The predicted molar refractivity (Wildman–Crippen MR) is 61.8 cm³/mol. The number of carbonyl (C=O) groups is 1. The lowest BCUT2D eigenvalue weighted by molar-refractivity contribution is -0.153. The van der Waals surface area contributed by atoms with E-state index in [-0.39, 0.29) is 25.1 Å². The molecule has 4 heteroatoms. The maximum absolute atomic E-state index is 11.5. The summed E-state index contributed by atoms with van der Waals surface area (Å²) in [6, 6.07) is -0.674. The van der Waals surface area contributed by atoms with Crippen LogP contribution < -0.4 is 5.73 Å². The van der Waals surface area contributed by atoms with E-state index in [1.165, 1.54) is 6.42 Å². The molecule has 3 atom stereocenters. The molecular weight excluding hydrogens is 206 g/mol. The standard InChI is InChI=1S/C12H23NO3/c1-2-9-4-3-5-10(8-9)16-12(15)11(13)6-7-14/h9-11,14H,2-8,13H2,1H3/t9?,10?,11-/m0/s1. The molecule has 1 saturated carbocycles. The van der Waals surface area contributed by atoms with Crippen molar-refractivity contribution in [3.8, 4) is 0 Å². The SMILES string of the molecule is CCC1CCCC(OC(=O)[C@@H](N)CCO)C1. The summed E-state index contributed by atoms with van der Waals surface area (Å²) in [6.45, 7) is 2.10. The Balaban J connectivity index is 2.32. The van der Waals surface area contributed by atoms with Crippen molar-refractivity contribution in [2.75, 3.05) is 6.61 Å². The lowest BCUT2D eigenvalue weighted by Gasteiger charge is -2.28. The van der Waals surface area contributed by atoms with Crippen molar-refractivity contribution < 1.29 is 14.6 Å². The van der Waals surface area contributed by atoms with Crippen LogP contribution in [-0.2, 0) is 9.53 Å². The summed E-state index contributed by atoms with van der Waals surface area (Å²) in [7, 11) is 0. The number of esters is 1. The minimum Gasteiger partial charge on any atom is -0.461 e. The van der Waals surface area contributed by atoms with Crippen LogP contribution in [0.1, 0.15) is 45.4 Å². The zero-order valence-corrected chi connectivity index (χ0v) is 10.0. The highest BCUT2D eigenvalue weighted by Crippen LogP contribution is 2.28. The smallest absolute Gasteiger partial charge is 0.323 e. The zero-order valence-electron chi connectivity index (χ0n) is 10.0. The number of carbonyl (C=O) groups excluding carboxylic acids is 1. The van der Waals surface area contributed by atoms with E-state index in [1.807, 2.05) is 0 Å². The van der Waals surface area contributed by atoms with Crippen molar-refractivity contribution >= 4 is 5.97 Å². The van der Waals surface area contributed by atoms with Gasteiger partial charge >= 0.3 is 5.97 Å². The van der Waals surface area contributed by atoms with Gasteiger partial charge in [0.25, 0.3) is 0 Å². The monoisotopic (exact) mass is 229 g/mol. The molecule has 0 aromatic heterocycles. The Morgan fingerprint density at radius 3 is 2.94 bits per heavy atom. The second-order valence-corrected chi connectivity index (χ2v) is 4.62. The fourth-order valence-electron chi connectivity index (χ4n) is 2.23. The molecule has 0 radical (unpaired) electrons. The van der Waals surface area contributed by atoms with Gasteiger partial charge in [-0.1, -0.05) is 19.8 Å². The van der Waals surface area contributed by atoms with Gasteiger partial charge in [-0.3, -0.25) is 4.79 Å². The van der Waals surface area contributed by atoms with Crippen molar-refractivity contribution in [3.05, 3.63) is 0 Å². The molecular formula is C12H23NO3. The number of hydrogen-bond donors (Lipinski definition) is 2. The number of aliphatic hydroxyl groups is 1. The van der Waals surface area contributed by atoms with E-state index in [1.54, 1.807) is 0 Å². The van der Waals surface area contributed by atoms with Gasteiger partial charge in [0.2, 0.25) is 0 Å². The highest BCUT2D eigenvalue weighted by molar-refractivity contribution is 5.75. The van der Waals surface area contributed by atoms with Gasteiger partial charge in [0.05, 0.1) is 0 Å². The Morgan fingerprint density at radius 1 is 1.56 bits per heavy atom. The summed E-state index contributed by atoms with van der Waals surface area (Å²) in [5.41, 5.74) is 5.58. The van der Waals surface area contributed by atoms with Crippen LogP contribution in [0.25, 0.3) is 0 Å². The molecule has 0 heterocycles. The van der Waals surface area contributed by atoms with E-state index >= 15 is 0 Å². The summed E-state index contributed by atoms with van der Waals surface area (Å²) in [5, 5.41) is 8.68. The summed E-state index contributed by atoms with van der Waals surface area (Å²) < 4.78 is 5.36. The highest BCUT2D eigenvalue weighted by Gasteiger charge is 2.25. The van der Waals surface area contributed by atoms with Gasteiger partial charge in [-0.05, 0) is 31.6 Å². The van der Waals surface area contributed by atoms with Crippen LogP contribution in [0.3, 0.4) is 0 Å². The van der Waals surface area contributed by atoms with Crippen LogP contribution in [0.15, 0.2) is 0 Å². The minimum atomic E-state index is -0.674. The van der Waals surface area contributed by atoms with Gasteiger partial charge in [-0.2, -0.15) is 0 Å². The molecule has 16 heavy (non-hydrogen) atoms. The molecule has 1 aliphatic rings. The second kappa shape index (κ2) is 6.86. The third-order valence-electron chi connectivity index (χ3n) is 3.34. The molecule has 0 spiro atoms. The average Bonchev–Trinajstić information content (AvgIpc) is 2.29. The van der Waals surface area contributed by atoms with Crippen molar-refractivity contribution in [1.82, 2.24) is 0 Å². The van der Waals surface area contributed by atoms with Gasteiger partial charge in [0, 0.05) is 6.61 Å². The van der Waals surface area contributed by atoms with Crippen molar-refractivity contribution in [2.24, 2.45) is 11.7 Å². The molecule has 1 fully saturated rings. The van der Waals surface area contributed by atoms with E-state index in [4.69, 9.17) is 15.6 Å². The van der Waals surface area contributed by atoms with Crippen LogP contribution in [0.2, 0.25) is 0 Å². The van der Waals surface area contributed by atoms with E-state index in [0.29, 0.717) is 5.92 Å². The molecule has 94 valence electrons. The molecule has 0 aromatic rings. The number of ether oxygens (including phenoxy) is 1. The Morgan fingerprint density at radius 2 is 2.31 bits per heavy atom. The maximum atomic E-state index is 11.5. The average molecular weight is 229 g/mol. The molecule has 0 saturated heterocycles. The van der Waals surface area contributed by atoms with Gasteiger partial charge in [0.15, 0.2) is 0 Å². The molecule has 0 aliphatic heterocycles. The highest BCUT2D eigenvalue weighted by atomic mass is 16.5. The predicted octanol–water partition coefficient (Wildman–Crippen LogP) is 1.21. The summed E-state index contributed by atoms with van der Waals surface area (Å²) in [5.74, 6) is 0.316. The lowest BCUT2D eigenvalue weighted by Crippen LogP contribution is -2.37. The van der Waals surface area contributed by atoms with Crippen molar-refractivity contribution in [1.29, 1.82) is 0 Å². The third kappa shape index (κ3) is 4.10. The Hall–Kier alpha value is -0.610. The summed E-state index contributed by atoms with van der Waals surface area (Å²) in [4.78, 5) is 11.5. The topological polar surface area (TPSA) is 72.5 Å². The fourth-order valence-corrected chi connectivity index (χ4v) is 2.23. The number of aliphatic hydroxyl groups excluding tert-OH is 1. The van der Waals surface area contributed by atoms with Crippen LogP contribution in [-0.4, -0.2) is 29.8 Å². The van der Waals surface area contributed by atoms with E-state index < -0.39 is 6.04 Å². The van der Waals surface area contributed by atoms with Crippen molar-refractivity contribution in [3.63, 3.8) is 0 Å². The largest absolute Gasteiger partial charge is 0.461 e. The zero-order chi connectivity index (χ0) is 12.0. The van der Waals surface area contributed by atoms with E-state index in [0.717, 1.165) is 25.7 Å². The Bertz CT molecular complexity index is 220. The fraction of sp³-hybridized carbons (Fsp3) is 0.917. The molecule has 1 aliphatic carbocycles. The number of hydrogen-bond acceptors (Lipinski definition) is 4. The summed E-state index contributed by atoms with van der Waals surface area (Å²) in [6.07, 6.45) is 5.76. The molecule has 3 N–H and O–H groups in total. The van der Waals surface area contributed by atoms with Gasteiger partial charge in [0.1, 0.15) is 12.1 Å². The van der Waals surface area contributed by atoms with Crippen LogP contribution in [0.5, 0.6) is 0 Å². The Kier molecular flexibility index (Phi) is 5.77. The molecule has 1 rings (SSSR count). The second-order valence-electron chi connectivity index (χ2n) is 4.62. The third-order valence-corrected chi connectivity index (χ3v) is 3.34. The molecule has 4 nitrogen and oxygen atoms in total. The van der Waals surface area contributed by atoms with Gasteiger partial charge in [-0.15, -0.1) is 0 Å². The maximum Gasteiger partial charge on any atom is 0.323 e. The Labute approximate surface area is 97.2 Å². The first kappa shape index (κ1) is 13.5. The van der Waals surface area contributed by atoms with E-state index in [2.05, 4.69) is 6.92 Å². The summed E-state index contributed by atoms with van der Waals surface area (Å²) >= 11 is 0. The molecule has 0 bridgehead atoms. The first-order chi connectivity index (χ1) is 7.67. The first-order valence-corrected chi connectivity index (χ1v) is 6.24.